The Bertz CT molecular complexity index is 1160. The van der Waals surface area contributed by atoms with Crippen LogP contribution in [0.4, 0.5) is 0 Å². The topological polar surface area (TPSA) is 88.5 Å². The molecular formula is C29H35ClN2O6. The van der Waals surface area contributed by atoms with Crippen molar-refractivity contribution < 1.29 is 28.9 Å². The number of aliphatic hydroxyl groups excluding tert-OH is 1. The van der Waals surface area contributed by atoms with Crippen molar-refractivity contribution in [2.24, 2.45) is 0 Å². The summed E-state index contributed by atoms with van der Waals surface area (Å²) in [6, 6.07) is 11.2. The molecule has 2 aromatic rings. The maximum Gasteiger partial charge on any atom is 0.295 e. The van der Waals surface area contributed by atoms with Crippen molar-refractivity contribution in [3.63, 3.8) is 0 Å². The zero-order valence-electron chi connectivity index (χ0n) is 22.0. The van der Waals surface area contributed by atoms with Crippen LogP contribution < -0.4 is 9.47 Å². The van der Waals surface area contributed by atoms with Crippen molar-refractivity contribution in [3.05, 3.63) is 64.2 Å². The van der Waals surface area contributed by atoms with Crippen molar-refractivity contribution >= 4 is 29.1 Å². The summed E-state index contributed by atoms with van der Waals surface area (Å²) in [6.45, 7) is 9.09. The maximum atomic E-state index is 13.3. The summed E-state index contributed by atoms with van der Waals surface area (Å²) in [5, 5.41) is 11.8. The summed E-state index contributed by atoms with van der Waals surface area (Å²) in [5.41, 5.74) is 1.13. The Morgan fingerprint density at radius 3 is 2.45 bits per heavy atom. The second-order valence-electron chi connectivity index (χ2n) is 9.29. The van der Waals surface area contributed by atoms with Crippen molar-refractivity contribution in [1.82, 2.24) is 9.80 Å². The van der Waals surface area contributed by atoms with Crippen LogP contribution in [0.15, 0.2) is 48.0 Å². The second kappa shape index (κ2) is 13.1. The van der Waals surface area contributed by atoms with E-state index in [2.05, 4.69) is 4.90 Å². The molecule has 1 unspecified atom stereocenters. The fourth-order valence-corrected chi connectivity index (χ4v) is 4.93. The van der Waals surface area contributed by atoms with Gasteiger partial charge < -0.3 is 24.2 Å². The number of Topliss-reactive ketones (excluding diaryl/α,β-unsaturated/α-hetero) is 1. The van der Waals surface area contributed by atoms with Gasteiger partial charge in [-0.15, -0.1) is 0 Å². The fourth-order valence-electron chi connectivity index (χ4n) is 4.80. The lowest BCUT2D eigenvalue weighted by Crippen LogP contribution is -2.39. The quantitative estimate of drug-likeness (QED) is 0.251. The van der Waals surface area contributed by atoms with Crippen LogP contribution in [-0.2, 0) is 14.3 Å². The number of carbonyl (C=O) groups is 2. The average Bonchev–Trinajstić information content (AvgIpc) is 3.18. The molecule has 2 aliphatic heterocycles. The molecule has 9 heteroatoms. The average molecular weight is 543 g/mol. The van der Waals surface area contributed by atoms with E-state index in [4.69, 9.17) is 25.8 Å². The van der Waals surface area contributed by atoms with E-state index in [9.17, 15) is 14.7 Å². The van der Waals surface area contributed by atoms with E-state index in [-0.39, 0.29) is 11.3 Å². The van der Waals surface area contributed by atoms with Gasteiger partial charge in [-0.05, 0) is 61.7 Å². The number of amides is 1. The summed E-state index contributed by atoms with van der Waals surface area (Å²) >= 11 is 6.03. The Kier molecular flexibility index (Phi) is 9.66. The van der Waals surface area contributed by atoms with Gasteiger partial charge in [-0.3, -0.25) is 14.5 Å². The molecule has 0 spiro atoms. The van der Waals surface area contributed by atoms with Gasteiger partial charge in [0, 0.05) is 36.8 Å². The van der Waals surface area contributed by atoms with Crippen LogP contribution in [0.25, 0.3) is 5.76 Å². The van der Waals surface area contributed by atoms with Crippen molar-refractivity contribution in [1.29, 1.82) is 0 Å². The van der Waals surface area contributed by atoms with Crippen molar-refractivity contribution in [3.8, 4) is 11.5 Å². The number of morpholine rings is 1. The molecule has 0 bridgehead atoms. The number of benzene rings is 2. The van der Waals surface area contributed by atoms with Crippen LogP contribution in [0.1, 0.15) is 43.9 Å². The van der Waals surface area contributed by atoms with Crippen LogP contribution in [0, 0.1) is 0 Å². The van der Waals surface area contributed by atoms with Crippen LogP contribution in [0.3, 0.4) is 0 Å². The molecule has 0 aromatic heterocycles. The summed E-state index contributed by atoms with van der Waals surface area (Å²) < 4.78 is 17.1. The lowest BCUT2D eigenvalue weighted by Gasteiger charge is -2.29. The first kappa shape index (κ1) is 28.0. The standard InChI is InChI=1S/C29H35ClN2O6/c1-3-16-38-23-11-8-21(19-24(23)37-4-2)26-25(27(33)20-6-9-22(30)10-7-20)28(34)29(35)32(26)13-5-12-31-14-17-36-18-15-31/h6-11,19,26,33H,3-5,12-18H2,1-2H3/b27-25+. The highest BCUT2D eigenvalue weighted by atomic mass is 35.5. The third-order valence-corrected chi connectivity index (χ3v) is 6.93. The number of ketones is 1. The van der Waals surface area contributed by atoms with Gasteiger partial charge >= 0.3 is 0 Å². The molecule has 2 fully saturated rings. The number of hydrogen-bond acceptors (Lipinski definition) is 7. The smallest absolute Gasteiger partial charge is 0.295 e. The highest BCUT2D eigenvalue weighted by Crippen LogP contribution is 2.42. The summed E-state index contributed by atoms with van der Waals surface area (Å²) in [5.74, 6) is -0.442. The van der Waals surface area contributed by atoms with Gasteiger partial charge in [-0.25, -0.2) is 0 Å². The highest BCUT2D eigenvalue weighted by molar-refractivity contribution is 6.46. The Hall–Kier alpha value is -3.07. The molecule has 0 saturated carbocycles. The predicted octanol–water partition coefficient (Wildman–Crippen LogP) is 4.67. The Labute approximate surface area is 228 Å². The number of halogens is 1. The van der Waals surface area contributed by atoms with Crippen LogP contribution >= 0.6 is 11.6 Å². The normalized spacial score (nSPS) is 19.7. The maximum absolute atomic E-state index is 13.3. The molecule has 0 radical (unpaired) electrons. The Morgan fingerprint density at radius 2 is 1.76 bits per heavy atom. The zero-order chi connectivity index (χ0) is 27.1. The first-order valence-corrected chi connectivity index (χ1v) is 13.6. The van der Waals surface area contributed by atoms with Gasteiger partial charge in [0.15, 0.2) is 11.5 Å². The first-order valence-electron chi connectivity index (χ1n) is 13.2. The van der Waals surface area contributed by atoms with E-state index in [1.807, 2.05) is 19.9 Å². The number of carbonyl (C=O) groups excluding carboxylic acids is 2. The second-order valence-corrected chi connectivity index (χ2v) is 9.73. The Balaban J connectivity index is 1.72. The van der Waals surface area contributed by atoms with E-state index in [0.29, 0.717) is 67.0 Å². The largest absolute Gasteiger partial charge is 0.507 e. The summed E-state index contributed by atoms with van der Waals surface area (Å²) in [6.07, 6.45) is 1.53. The monoisotopic (exact) mass is 542 g/mol. The van der Waals surface area contributed by atoms with E-state index >= 15 is 0 Å². The molecule has 2 heterocycles. The lowest BCUT2D eigenvalue weighted by atomic mass is 9.95. The minimum absolute atomic E-state index is 0.0494. The zero-order valence-corrected chi connectivity index (χ0v) is 22.7. The fraction of sp³-hybridized carbons (Fsp3) is 0.448. The van der Waals surface area contributed by atoms with Gasteiger partial charge in [0.05, 0.1) is 38.0 Å². The molecule has 2 aliphatic rings. The minimum Gasteiger partial charge on any atom is -0.507 e. The van der Waals surface area contributed by atoms with Gasteiger partial charge in [0.25, 0.3) is 11.7 Å². The molecule has 2 aromatic carbocycles. The number of likely N-dealkylation sites (tertiary alicyclic amines) is 1. The Morgan fingerprint density at radius 1 is 1.03 bits per heavy atom. The molecule has 38 heavy (non-hydrogen) atoms. The van der Waals surface area contributed by atoms with Crippen LogP contribution in [-0.4, -0.2) is 79.2 Å². The summed E-state index contributed by atoms with van der Waals surface area (Å²) in [7, 11) is 0. The number of ether oxygens (including phenoxy) is 3. The predicted molar refractivity (Wildman–Crippen MR) is 146 cm³/mol. The minimum atomic E-state index is -0.769. The first-order chi connectivity index (χ1) is 18.4. The number of rotatable bonds is 11. The lowest BCUT2D eigenvalue weighted by molar-refractivity contribution is -0.140. The van der Waals surface area contributed by atoms with Gasteiger partial charge in [0.2, 0.25) is 0 Å². The van der Waals surface area contributed by atoms with Crippen LogP contribution in [0.2, 0.25) is 5.02 Å². The molecule has 1 N–H and O–H groups in total. The molecule has 204 valence electrons. The van der Waals surface area contributed by atoms with Crippen LogP contribution in [0.5, 0.6) is 11.5 Å². The van der Waals surface area contributed by atoms with Gasteiger partial charge in [-0.1, -0.05) is 24.6 Å². The molecule has 8 nitrogen and oxygen atoms in total. The van der Waals surface area contributed by atoms with E-state index in [1.165, 1.54) is 0 Å². The molecule has 2 saturated heterocycles. The van der Waals surface area contributed by atoms with Gasteiger partial charge in [-0.2, -0.15) is 0 Å². The highest BCUT2D eigenvalue weighted by Gasteiger charge is 2.46. The molecule has 4 rings (SSSR count). The number of hydrogen-bond donors (Lipinski definition) is 1. The van der Waals surface area contributed by atoms with E-state index < -0.39 is 17.7 Å². The SMILES string of the molecule is CCCOc1ccc(C2/C(=C(\O)c3ccc(Cl)cc3)C(=O)C(=O)N2CCCN2CCOCC2)cc1OCC. The molecule has 1 atom stereocenters. The third kappa shape index (κ3) is 6.31. The number of aliphatic hydroxyl groups is 1. The number of nitrogens with zero attached hydrogens (tertiary/aromatic N) is 2. The summed E-state index contributed by atoms with van der Waals surface area (Å²) in [4.78, 5) is 30.5. The third-order valence-electron chi connectivity index (χ3n) is 6.68. The van der Waals surface area contributed by atoms with E-state index in [1.54, 1.807) is 41.3 Å². The van der Waals surface area contributed by atoms with Gasteiger partial charge in [0.1, 0.15) is 5.76 Å². The molecule has 0 aliphatic carbocycles. The van der Waals surface area contributed by atoms with E-state index in [0.717, 1.165) is 26.1 Å². The molecule has 1 amide bonds. The molecular weight excluding hydrogens is 508 g/mol. The van der Waals surface area contributed by atoms with Crippen molar-refractivity contribution in [2.75, 3.05) is 52.6 Å². The van der Waals surface area contributed by atoms with Crippen molar-refractivity contribution in [2.45, 2.75) is 32.7 Å².